The first-order valence-corrected chi connectivity index (χ1v) is 18.6. The van der Waals surface area contributed by atoms with Crippen LogP contribution in [0.1, 0.15) is 0 Å². The van der Waals surface area contributed by atoms with Gasteiger partial charge in [-0.05, 0) is 67.4 Å². The lowest BCUT2D eigenvalue weighted by Gasteiger charge is -2.13. The molecule has 55 heavy (non-hydrogen) atoms. The fraction of sp³-hybridized carbons (Fsp3) is 0. The van der Waals surface area contributed by atoms with Crippen molar-refractivity contribution in [2.75, 3.05) is 0 Å². The highest BCUT2D eigenvalue weighted by Crippen LogP contribution is 2.43. The molecular formula is C51H32N4. The van der Waals surface area contributed by atoms with Gasteiger partial charge in [-0.3, -0.25) is 4.57 Å². The zero-order valence-electron chi connectivity index (χ0n) is 29.8. The largest absolute Gasteiger partial charge is 0.278 e. The van der Waals surface area contributed by atoms with E-state index < -0.39 is 0 Å². The molecule has 0 fully saturated rings. The first kappa shape index (κ1) is 31.1. The zero-order valence-corrected chi connectivity index (χ0v) is 29.8. The summed E-state index contributed by atoms with van der Waals surface area (Å²) in [7, 11) is 0. The van der Waals surface area contributed by atoms with Crippen molar-refractivity contribution < 1.29 is 0 Å². The highest BCUT2D eigenvalue weighted by atomic mass is 15.2. The van der Waals surface area contributed by atoms with Gasteiger partial charge in [-0.15, -0.1) is 0 Å². The third kappa shape index (κ3) is 5.11. The Morgan fingerprint density at radius 2 is 0.745 bits per heavy atom. The van der Waals surface area contributed by atoms with Crippen molar-refractivity contribution in [1.29, 1.82) is 0 Å². The van der Waals surface area contributed by atoms with Crippen molar-refractivity contribution in [2.24, 2.45) is 0 Å². The number of rotatable bonds is 5. The number of fused-ring (bicyclic) bond motifs is 10. The van der Waals surface area contributed by atoms with Crippen LogP contribution >= 0.6 is 0 Å². The molecule has 11 rings (SSSR count). The van der Waals surface area contributed by atoms with E-state index in [1.54, 1.807) is 0 Å². The first-order chi connectivity index (χ1) is 27.3. The zero-order chi connectivity index (χ0) is 36.3. The van der Waals surface area contributed by atoms with Gasteiger partial charge in [0, 0.05) is 27.3 Å². The molecule has 0 N–H and O–H groups in total. The summed E-state index contributed by atoms with van der Waals surface area (Å²) in [5.74, 6) is 1.83. The van der Waals surface area contributed by atoms with E-state index in [1.165, 1.54) is 48.8 Å². The third-order valence-corrected chi connectivity index (χ3v) is 10.8. The van der Waals surface area contributed by atoms with Crippen LogP contribution in [0.15, 0.2) is 194 Å². The average Bonchev–Trinajstić information content (AvgIpc) is 3.61. The molecule has 0 unspecified atom stereocenters. The summed E-state index contributed by atoms with van der Waals surface area (Å²) in [6, 6.07) is 68.6. The van der Waals surface area contributed by atoms with Gasteiger partial charge in [0.25, 0.3) is 0 Å². The van der Waals surface area contributed by atoms with E-state index in [4.69, 9.17) is 15.0 Å². The molecule has 0 radical (unpaired) electrons. The Bertz CT molecular complexity index is 3200. The maximum absolute atomic E-state index is 5.29. The number of aromatic nitrogens is 4. The predicted molar refractivity (Wildman–Crippen MR) is 228 cm³/mol. The summed E-state index contributed by atoms with van der Waals surface area (Å²) in [4.78, 5) is 15.6. The topological polar surface area (TPSA) is 43.6 Å². The molecule has 4 heteroatoms. The van der Waals surface area contributed by atoms with Crippen molar-refractivity contribution in [3.63, 3.8) is 0 Å². The molecule has 9 aromatic carbocycles. The molecule has 0 spiro atoms. The molecular weight excluding hydrogens is 669 g/mol. The van der Waals surface area contributed by atoms with Gasteiger partial charge in [0.2, 0.25) is 5.95 Å². The van der Waals surface area contributed by atoms with Crippen molar-refractivity contribution in [2.45, 2.75) is 0 Å². The van der Waals surface area contributed by atoms with E-state index >= 15 is 0 Å². The average molecular weight is 701 g/mol. The van der Waals surface area contributed by atoms with Gasteiger partial charge in [-0.1, -0.05) is 176 Å². The summed E-state index contributed by atoms with van der Waals surface area (Å²) in [6.07, 6.45) is 0. The monoisotopic (exact) mass is 700 g/mol. The van der Waals surface area contributed by atoms with Crippen molar-refractivity contribution in [3.05, 3.63) is 194 Å². The van der Waals surface area contributed by atoms with Gasteiger partial charge in [0.1, 0.15) is 0 Å². The van der Waals surface area contributed by atoms with Crippen LogP contribution in [0, 0.1) is 0 Å². The molecule has 11 aromatic rings. The summed E-state index contributed by atoms with van der Waals surface area (Å²) < 4.78 is 2.22. The Hall–Kier alpha value is -7.43. The predicted octanol–water partition coefficient (Wildman–Crippen LogP) is 13.1. The van der Waals surface area contributed by atoms with E-state index in [-0.39, 0.29) is 0 Å². The van der Waals surface area contributed by atoms with E-state index in [9.17, 15) is 0 Å². The summed E-state index contributed by atoms with van der Waals surface area (Å²) >= 11 is 0. The normalized spacial score (nSPS) is 11.6. The molecule has 2 heterocycles. The lowest BCUT2D eigenvalue weighted by molar-refractivity contribution is 0.953. The smallest absolute Gasteiger partial charge is 0.238 e. The van der Waals surface area contributed by atoms with Crippen LogP contribution in [0.3, 0.4) is 0 Å². The number of hydrogen-bond acceptors (Lipinski definition) is 3. The Kier molecular flexibility index (Phi) is 7.14. The van der Waals surface area contributed by atoms with Crippen LogP contribution in [0.2, 0.25) is 0 Å². The Morgan fingerprint density at radius 1 is 0.273 bits per heavy atom. The molecule has 0 aliphatic carbocycles. The Labute approximate surface area is 317 Å². The second-order valence-corrected chi connectivity index (χ2v) is 14.0. The van der Waals surface area contributed by atoms with Gasteiger partial charge >= 0.3 is 0 Å². The van der Waals surface area contributed by atoms with Crippen molar-refractivity contribution >= 4 is 54.1 Å². The molecule has 2 aromatic heterocycles. The molecule has 0 atom stereocenters. The van der Waals surface area contributed by atoms with Crippen LogP contribution < -0.4 is 0 Å². The van der Waals surface area contributed by atoms with Crippen LogP contribution in [0.5, 0.6) is 0 Å². The third-order valence-electron chi connectivity index (χ3n) is 10.8. The molecule has 0 saturated heterocycles. The van der Waals surface area contributed by atoms with Gasteiger partial charge < -0.3 is 0 Å². The van der Waals surface area contributed by atoms with Crippen molar-refractivity contribution in [1.82, 2.24) is 19.5 Å². The summed E-state index contributed by atoms with van der Waals surface area (Å²) in [5.41, 5.74) is 8.58. The number of para-hydroxylation sites is 1. The molecule has 0 saturated carbocycles. The van der Waals surface area contributed by atoms with E-state index in [2.05, 4.69) is 174 Å². The second kappa shape index (κ2) is 12.6. The fourth-order valence-electron chi connectivity index (χ4n) is 8.30. The Morgan fingerprint density at radius 3 is 1.44 bits per heavy atom. The van der Waals surface area contributed by atoms with Gasteiger partial charge in [0.15, 0.2) is 11.6 Å². The number of benzene rings is 9. The lowest BCUT2D eigenvalue weighted by atomic mass is 9.92. The molecule has 0 aliphatic heterocycles. The summed E-state index contributed by atoms with van der Waals surface area (Å²) in [5, 5.41) is 9.82. The van der Waals surface area contributed by atoms with Crippen LogP contribution in [0.4, 0.5) is 0 Å². The van der Waals surface area contributed by atoms with Crippen LogP contribution in [-0.2, 0) is 0 Å². The van der Waals surface area contributed by atoms with Crippen LogP contribution in [-0.4, -0.2) is 19.5 Å². The number of nitrogens with zero attached hydrogens (tertiary/aromatic N) is 4. The molecule has 4 nitrogen and oxygen atoms in total. The minimum atomic E-state index is 0.581. The minimum absolute atomic E-state index is 0.581. The highest BCUT2D eigenvalue weighted by Gasteiger charge is 2.21. The maximum atomic E-state index is 5.29. The van der Waals surface area contributed by atoms with Crippen molar-refractivity contribution in [3.8, 4) is 51.0 Å². The van der Waals surface area contributed by atoms with Gasteiger partial charge in [-0.2, -0.15) is 9.97 Å². The van der Waals surface area contributed by atoms with E-state index in [1.807, 2.05) is 24.3 Å². The van der Waals surface area contributed by atoms with Gasteiger partial charge in [-0.25, -0.2) is 4.98 Å². The lowest BCUT2D eigenvalue weighted by Crippen LogP contribution is -2.06. The van der Waals surface area contributed by atoms with Crippen LogP contribution in [0.25, 0.3) is 105 Å². The Balaban J connectivity index is 1.14. The maximum Gasteiger partial charge on any atom is 0.238 e. The minimum Gasteiger partial charge on any atom is -0.278 e. The standard InChI is InChI=1S/C51H32N4/c1-3-14-33(15-4-1)34-26-28-35(29-27-34)37-18-13-19-38(32-37)50-52-49(36-16-5-2-6-17-36)53-51(54-50)55-45-25-12-11-24-44(45)48-46(55)31-30-43-41-22-8-7-20-39(41)40-21-9-10-23-42(40)47(43)48/h1-32H. The second-order valence-electron chi connectivity index (χ2n) is 14.0. The SMILES string of the molecule is c1ccc(-c2ccc(-c3cccc(-c4nc(-c5ccccc5)nc(-n5c6ccccc6c6c7c8ccccc8c8ccccc8c7ccc65)n4)c3)cc2)cc1. The number of hydrogen-bond donors (Lipinski definition) is 0. The molecule has 0 aliphatic rings. The fourth-order valence-corrected chi connectivity index (χ4v) is 8.30. The quantitative estimate of drug-likeness (QED) is 0.168. The molecule has 256 valence electrons. The molecule has 0 bridgehead atoms. The first-order valence-electron chi connectivity index (χ1n) is 18.6. The van der Waals surface area contributed by atoms with E-state index in [0.29, 0.717) is 17.6 Å². The summed E-state index contributed by atoms with van der Waals surface area (Å²) in [6.45, 7) is 0. The molecule has 0 amide bonds. The highest BCUT2D eigenvalue weighted by molar-refractivity contribution is 6.35. The van der Waals surface area contributed by atoms with E-state index in [0.717, 1.165) is 38.7 Å². The van der Waals surface area contributed by atoms with Gasteiger partial charge in [0.05, 0.1) is 11.0 Å².